The Morgan fingerprint density at radius 2 is 2.14 bits per heavy atom. The molecule has 1 aromatic heterocycles. The number of nitrogens with zero attached hydrogens (tertiary/aromatic N) is 4. The third-order valence-electron chi connectivity index (χ3n) is 4.97. The van der Waals surface area contributed by atoms with Gasteiger partial charge >= 0.3 is 5.82 Å². The highest BCUT2D eigenvalue weighted by Crippen LogP contribution is 2.39. The number of hydrogen-bond acceptors (Lipinski definition) is 5. The van der Waals surface area contributed by atoms with Crippen LogP contribution < -0.4 is 10.2 Å². The van der Waals surface area contributed by atoms with E-state index >= 15 is 0 Å². The molecule has 7 nitrogen and oxygen atoms in total. The van der Waals surface area contributed by atoms with Gasteiger partial charge in [0.05, 0.1) is 0 Å². The second-order valence-corrected chi connectivity index (χ2v) is 6.43. The first-order chi connectivity index (χ1) is 10.0. The minimum atomic E-state index is -0.358. The highest BCUT2D eigenvalue weighted by Gasteiger charge is 2.39. The van der Waals surface area contributed by atoms with Crippen LogP contribution in [0.2, 0.25) is 0 Å². The van der Waals surface area contributed by atoms with Crippen LogP contribution in [0.4, 0.5) is 11.6 Å². The van der Waals surface area contributed by atoms with Crippen molar-refractivity contribution in [3.63, 3.8) is 0 Å². The van der Waals surface area contributed by atoms with E-state index in [0.717, 1.165) is 32.6 Å². The van der Waals surface area contributed by atoms with Gasteiger partial charge < -0.3 is 20.3 Å². The van der Waals surface area contributed by atoms with Crippen molar-refractivity contribution in [2.75, 3.05) is 31.1 Å². The molecule has 0 bridgehead atoms. The Kier molecular flexibility index (Phi) is 3.61. The van der Waals surface area contributed by atoms with Gasteiger partial charge in [0.2, 0.25) is 11.6 Å². The maximum atomic E-state index is 11.3. The van der Waals surface area contributed by atoms with Crippen molar-refractivity contribution in [3.05, 3.63) is 15.9 Å². The van der Waals surface area contributed by atoms with Gasteiger partial charge in [-0.2, -0.15) is 0 Å². The second kappa shape index (κ2) is 5.29. The smallest absolute Gasteiger partial charge is 0.358 e. The third kappa shape index (κ3) is 2.50. The van der Waals surface area contributed by atoms with Crippen molar-refractivity contribution in [2.24, 2.45) is 12.5 Å². The molecule has 0 aromatic carbocycles. The van der Waals surface area contributed by atoms with Gasteiger partial charge in [-0.3, -0.25) is 4.57 Å². The normalized spacial score (nSPS) is 26.3. The van der Waals surface area contributed by atoms with Crippen molar-refractivity contribution in [1.29, 1.82) is 0 Å². The average molecular weight is 293 g/mol. The molecule has 116 valence electrons. The number of aryl methyl sites for hydroxylation is 1. The first-order valence-electron chi connectivity index (χ1n) is 7.66. The lowest BCUT2D eigenvalue weighted by Crippen LogP contribution is -2.51. The molecule has 0 radical (unpaired) electrons. The lowest BCUT2D eigenvalue weighted by Gasteiger charge is -2.45. The number of piperidine rings is 2. The van der Waals surface area contributed by atoms with Crippen LogP contribution in [0.3, 0.4) is 0 Å². The molecule has 1 aromatic rings. The fourth-order valence-corrected chi connectivity index (χ4v) is 3.82. The zero-order valence-electron chi connectivity index (χ0n) is 12.8. The highest BCUT2D eigenvalue weighted by molar-refractivity contribution is 5.56. The zero-order chi connectivity index (χ0) is 15.0. The van der Waals surface area contributed by atoms with E-state index in [1.165, 1.54) is 19.3 Å². The van der Waals surface area contributed by atoms with Crippen LogP contribution in [-0.4, -0.2) is 40.7 Å². The molecule has 7 heteroatoms. The molecule has 3 heterocycles. The van der Waals surface area contributed by atoms with E-state index in [0.29, 0.717) is 11.6 Å². The monoisotopic (exact) mass is 293 g/mol. The molecular weight excluding hydrogens is 270 g/mol. The Hall–Kier alpha value is -1.63. The van der Waals surface area contributed by atoms with Gasteiger partial charge in [0.25, 0.3) is 0 Å². The number of rotatable bonds is 2. The zero-order valence-corrected chi connectivity index (χ0v) is 12.8. The van der Waals surface area contributed by atoms with Crippen molar-refractivity contribution in [1.82, 2.24) is 14.9 Å². The van der Waals surface area contributed by atoms with Gasteiger partial charge in [-0.15, -0.1) is 0 Å². The van der Waals surface area contributed by atoms with Gasteiger partial charge in [-0.05, 0) is 42.1 Å². The summed E-state index contributed by atoms with van der Waals surface area (Å²) in [4.78, 5) is 17.2. The van der Waals surface area contributed by atoms with Gasteiger partial charge in [-0.1, -0.05) is 0 Å². The number of aromatic nitrogens is 2. The summed E-state index contributed by atoms with van der Waals surface area (Å²) in [5.74, 6) is 1.36. The Balaban J connectivity index is 1.91. The van der Waals surface area contributed by atoms with Crippen LogP contribution in [0.5, 0.6) is 0 Å². The van der Waals surface area contributed by atoms with E-state index in [2.05, 4.69) is 15.2 Å². The predicted octanol–water partition coefficient (Wildman–Crippen LogP) is 1.61. The van der Waals surface area contributed by atoms with Crippen molar-refractivity contribution in [2.45, 2.75) is 32.6 Å². The number of nitro groups is 1. The summed E-state index contributed by atoms with van der Waals surface area (Å²) in [6.45, 7) is 5.70. The summed E-state index contributed by atoms with van der Waals surface area (Å²) < 4.78 is 1.85. The standard InChI is InChI=1S/C14H23N5O2/c1-11-16-12(19(20)21)13(17(11)2)18-8-4-6-14(10-18)5-3-7-15-9-14/h15H,3-10H2,1-2H3. The molecule has 2 aliphatic rings. The minimum absolute atomic E-state index is 0.00387. The molecule has 1 N–H and O–H groups in total. The van der Waals surface area contributed by atoms with Crippen molar-refractivity contribution in [3.8, 4) is 0 Å². The fraction of sp³-hybridized carbons (Fsp3) is 0.786. The van der Waals surface area contributed by atoms with Crippen molar-refractivity contribution >= 4 is 11.6 Å². The maximum absolute atomic E-state index is 11.3. The van der Waals surface area contributed by atoms with Gasteiger partial charge in [-0.25, -0.2) is 0 Å². The van der Waals surface area contributed by atoms with Crippen LogP contribution in [0.25, 0.3) is 0 Å². The van der Waals surface area contributed by atoms with E-state index in [1.807, 2.05) is 18.5 Å². The molecule has 2 saturated heterocycles. The van der Waals surface area contributed by atoms with Crippen LogP contribution in [0.15, 0.2) is 0 Å². The van der Waals surface area contributed by atoms with E-state index in [-0.39, 0.29) is 16.2 Å². The molecule has 1 spiro atoms. The number of anilines is 1. The van der Waals surface area contributed by atoms with Gasteiger partial charge in [0.1, 0.15) is 0 Å². The number of hydrogen-bond donors (Lipinski definition) is 1. The number of imidazole rings is 1. The van der Waals surface area contributed by atoms with E-state index in [1.54, 1.807) is 0 Å². The molecule has 0 saturated carbocycles. The molecule has 1 atom stereocenters. The predicted molar refractivity (Wildman–Crippen MR) is 80.6 cm³/mol. The average Bonchev–Trinajstić information content (AvgIpc) is 2.76. The summed E-state index contributed by atoms with van der Waals surface area (Å²) in [5, 5.41) is 14.8. The SMILES string of the molecule is Cc1nc([N+](=O)[O-])c(N2CCCC3(CCCNC3)C2)n1C. The fourth-order valence-electron chi connectivity index (χ4n) is 3.82. The van der Waals surface area contributed by atoms with Crippen LogP contribution in [-0.2, 0) is 7.05 Å². The highest BCUT2D eigenvalue weighted by atomic mass is 16.6. The van der Waals surface area contributed by atoms with E-state index in [4.69, 9.17) is 0 Å². The number of nitrogens with one attached hydrogen (secondary N) is 1. The lowest BCUT2D eigenvalue weighted by molar-refractivity contribution is -0.388. The first-order valence-corrected chi connectivity index (χ1v) is 7.66. The molecule has 1 unspecified atom stereocenters. The summed E-state index contributed by atoms with van der Waals surface area (Å²) in [5.41, 5.74) is 0.266. The Labute approximate surface area is 124 Å². The van der Waals surface area contributed by atoms with Gasteiger partial charge in [0.15, 0.2) is 0 Å². The molecule has 2 fully saturated rings. The summed E-state index contributed by atoms with van der Waals surface area (Å²) in [6.07, 6.45) is 4.70. The van der Waals surface area contributed by atoms with E-state index < -0.39 is 0 Å². The molecule has 3 rings (SSSR count). The molecule has 2 aliphatic heterocycles. The topological polar surface area (TPSA) is 76.2 Å². The van der Waals surface area contributed by atoms with Crippen LogP contribution in [0.1, 0.15) is 31.5 Å². The maximum Gasteiger partial charge on any atom is 0.406 e. The second-order valence-electron chi connectivity index (χ2n) is 6.43. The Morgan fingerprint density at radius 1 is 1.38 bits per heavy atom. The molecule has 21 heavy (non-hydrogen) atoms. The lowest BCUT2D eigenvalue weighted by atomic mass is 9.74. The van der Waals surface area contributed by atoms with E-state index in [9.17, 15) is 10.1 Å². The first kappa shape index (κ1) is 14.3. The summed E-state index contributed by atoms with van der Waals surface area (Å²) in [7, 11) is 1.87. The van der Waals surface area contributed by atoms with Crippen LogP contribution >= 0.6 is 0 Å². The Morgan fingerprint density at radius 3 is 2.81 bits per heavy atom. The third-order valence-corrected chi connectivity index (χ3v) is 4.97. The molecule has 0 amide bonds. The molecular formula is C14H23N5O2. The molecule has 0 aliphatic carbocycles. The van der Waals surface area contributed by atoms with Crippen LogP contribution in [0, 0.1) is 22.5 Å². The summed E-state index contributed by atoms with van der Waals surface area (Å²) in [6, 6.07) is 0. The van der Waals surface area contributed by atoms with Gasteiger partial charge in [0, 0.05) is 39.0 Å². The largest absolute Gasteiger partial charge is 0.406 e. The minimum Gasteiger partial charge on any atom is -0.358 e. The quantitative estimate of drug-likeness (QED) is 0.662. The summed E-state index contributed by atoms with van der Waals surface area (Å²) >= 11 is 0. The van der Waals surface area contributed by atoms with Crippen molar-refractivity contribution < 1.29 is 4.92 Å². The Bertz CT molecular complexity index is 542.